The summed E-state index contributed by atoms with van der Waals surface area (Å²) < 4.78 is 10.8. The topological polar surface area (TPSA) is 88.6 Å². The van der Waals surface area contributed by atoms with Crippen molar-refractivity contribution in [3.63, 3.8) is 0 Å². The summed E-state index contributed by atoms with van der Waals surface area (Å²) in [6.07, 6.45) is 2.02. The monoisotopic (exact) mass is 583 g/mol. The zero-order valence-electron chi connectivity index (χ0n) is 22.8. The van der Waals surface area contributed by atoms with Gasteiger partial charge in [0, 0.05) is 54.6 Å². The minimum absolute atomic E-state index is 0. The van der Waals surface area contributed by atoms with Crippen LogP contribution in [-0.2, 0) is 11.3 Å². The molecule has 1 aliphatic heterocycles. The van der Waals surface area contributed by atoms with E-state index in [0.29, 0.717) is 6.04 Å². The van der Waals surface area contributed by atoms with Gasteiger partial charge in [0.1, 0.15) is 17.2 Å². The molecule has 40 heavy (non-hydrogen) atoms. The van der Waals surface area contributed by atoms with Crippen LogP contribution in [0, 0.1) is 0 Å². The standard InChI is InChI=1S/C30H33N5O3.2ClH/c1-20(36)31-23-8-4-21(5-9-23)19-35-16-14-24(15-17-35)32-30-28-18-26(38-3)12-13-27(28)29(33-34-30)22-6-10-25(37-2)11-7-22;;/h4-13,18,24H,14-17,19H2,1-3H3,(H,31,36)(H,32,34);2*1H. The number of halogens is 2. The highest BCUT2D eigenvalue weighted by atomic mass is 35.5. The number of methoxy groups -OCH3 is 2. The molecular formula is C30H35Cl2N5O3. The third kappa shape index (κ3) is 7.33. The molecule has 4 aromatic rings. The maximum absolute atomic E-state index is 11.2. The number of likely N-dealkylation sites (tertiary alicyclic amines) is 1. The van der Waals surface area contributed by atoms with E-state index in [9.17, 15) is 4.79 Å². The molecule has 5 rings (SSSR count). The molecule has 3 aromatic carbocycles. The summed E-state index contributed by atoms with van der Waals surface area (Å²) in [7, 11) is 3.34. The minimum atomic E-state index is -0.0568. The van der Waals surface area contributed by atoms with E-state index in [1.165, 1.54) is 12.5 Å². The van der Waals surface area contributed by atoms with Crippen molar-refractivity contribution in [1.29, 1.82) is 0 Å². The van der Waals surface area contributed by atoms with E-state index in [-0.39, 0.29) is 30.7 Å². The van der Waals surface area contributed by atoms with Gasteiger partial charge in [-0.15, -0.1) is 35.0 Å². The maximum atomic E-state index is 11.2. The molecule has 1 aromatic heterocycles. The first kappa shape index (κ1) is 30.9. The predicted octanol–water partition coefficient (Wildman–Crippen LogP) is 6.19. The number of aromatic nitrogens is 2. The number of nitrogens with one attached hydrogen (secondary N) is 2. The number of rotatable bonds is 8. The summed E-state index contributed by atoms with van der Waals surface area (Å²) in [6, 6.07) is 22.3. The zero-order valence-corrected chi connectivity index (χ0v) is 24.5. The summed E-state index contributed by atoms with van der Waals surface area (Å²) >= 11 is 0. The zero-order chi connectivity index (χ0) is 26.5. The Morgan fingerprint density at radius 3 is 2.15 bits per heavy atom. The molecule has 0 radical (unpaired) electrons. The molecule has 0 aliphatic carbocycles. The van der Waals surface area contributed by atoms with E-state index in [0.717, 1.165) is 77.5 Å². The van der Waals surface area contributed by atoms with Crippen molar-refractivity contribution in [2.45, 2.75) is 32.4 Å². The van der Waals surface area contributed by atoms with Crippen molar-refractivity contribution < 1.29 is 14.3 Å². The Balaban J connectivity index is 0.00000220. The van der Waals surface area contributed by atoms with E-state index >= 15 is 0 Å². The first-order valence-electron chi connectivity index (χ1n) is 12.9. The lowest BCUT2D eigenvalue weighted by atomic mass is 10.0. The van der Waals surface area contributed by atoms with Crippen LogP contribution in [0.4, 0.5) is 11.5 Å². The first-order valence-corrected chi connectivity index (χ1v) is 12.9. The number of fused-ring (bicyclic) bond motifs is 1. The average Bonchev–Trinajstić information content (AvgIpc) is 2.95. The van der Waals surface area contributed by atoms with Crippen molar-refractivity contribution in [3.05, 3.63) is 72.3 Å². The smallest absolute Gasteiger partial charge is 0.221 e. The number of carbonyl (C=O) groups excluding carboxylic acids is 1. The Morgan fingerprint density at radius 2 is 1.52 bits per heavy atom. The third-order valence-corrected chi connectivity index (χ3v) is 6.96. The lowest BCUT2D eigenvalue weighted by Gasteiger charge is -2.32. The van der Waals surface area contributed by atoms with Crippen LogP contribution in [0.25, 0.3) is 22.0 Å². The summed E-state index contributed by atoms with van der Waals surface area (Å²) in [4.78, 5) is 13.7. The number of benzene rings is 3. The second-order valence-electron chi connectivity index (χ2n) is 9.61. The fraction of sp³-hybridized carbons (Fsp3) is 0.300. The van der Waals surface area contributed by atoms with Gasteiger partial charge in [-0.2, -0.15) is 0 Å². The van der Waals surface area contributed by atoms with Crippen molar-refractivity contribution in [2.24, 2.45) is 0 Å². The second kappa shape index (κ2) is 14.2. The van der Waals surface area contributed by atoms with Gasteiger partial charge in [-0.3, -0.25) is 9.69 Å². The van der Waals surface area contributed by atoms with Gasteiger partial charge in [-0.05, 0) is 73.0 Å². The van der Waals surface area contributed by atoms with Crippen LogP contribution in [0.5, 0.6) is 11.5 Å². The minimum Gasteiger partial charge on any atom is -0.497 e. The van der Waals surface area contributed by atoms with Crippen molar-refractivity contribution in [3.8, 4) is 22.8 Å². The molecule has 2 heterocycles. The third-order valence-electron chi connectivity index (χ3n) is 6.96. The molecule has 1 fully saturated rings. The predicted molar refractivity (Wildman–Crippen MR) is 165 cm³/mol. The fourth-order valence-electron chi connectivity index (χ4n) is 4.91. The number of piperidine rings is 1. The fourth-order valence-corrected chi connectivity index (χ4v) is 4.91. The SMILES string of the molecule is COc1ccc(-c2nnc(NC3CCN(Cc4ccc(NC(C)=O)cc4)CC3)c3cc(OC)ccc23)cc1.Cl.Cl. The van der Waals surface area contributed by atoms with Crippen molar-refractivity contribution in [1.82, 2.24) is 15.1 Å². The molecular weight excluding hydrogens is 549 g/mol. The molecule has 1 aliphatic rings. The van der Waals surface area contributed by atoms with Crippen LogP contribution in [-0.4, -0.2) is 54.4 Å². The lowest BCUT2D eigenvalue weighted by Crippen LogP contribution is -2.38. The average molecular weight is 585 g/mol. The Bertz CT molecular complexity index is 1410. The van der Waals surface area contributed by atoms with Crippen LogP contribution in [0.3, 0.4) is 0 Å². The Hall–Kier alpha value is -3.59. The number of amides is 1. The summed E-state index contributed by atoms with van der Waals surface area (Å²) in [6.45, 7) is 4.39. The van der Waals surface area contributed by atoms with E-state index in [4.69, 9.17) is 9.47 Å². The summed E-state index contributed by atoms with van der Waals surface area (Å²) in [5.41, 5.74) is 3.88. The van der Waals surface area contributed by atoms with Crippen LogP contribution >= 0.6 is 24.8 Å². The van der Waals surface area contributed by atoms with Gasteiger partial charge in [0.25, 0.3) is 0 Å². The Morgan fingerprint density at radius 1 is 0.875 bits per heavy atom. The van der Waals surface area contributed by atoms with Gasteiger partial charge in [0.2, 0.25) is 5.91 Å². The molecule has 212 valence electrons. The number of ether oxygens (including phenoxy) is 2. The van der Waals surface area contributed by atoms with E-state index < -0.39 is 0 Å². The molecule has 0 saturated carbocycles. The van der Waals surface area contributed by atoms with Crippen molar-refractivity contribution >= 4 is 53.0 Å². The highest BCUT2D eigenvalue weighted by Gasteiger charge is 2.21. The number of hydrogen-bond acceptors (Lipinski definition) is 7. The van der Waals surface area contributed by atoms with Gasteiger partial charge in [-0.1, -0.05) is 12.1 Å². The van der Waals surface area contributed by atoms with E-state index in [2.05, 4.69) is 37.9 Å². The van der Waals surface area contributed by atoms with Gasteiger partial charge < -0.3 is 20.1 Å². The second-order valence-corrected chi connectivity index (χ2v) is 9.61. The van der Waals surface area contributed by atoms with Crippen molar-refractivity contribution in [2.75, 3.05) is 37.9 Å². The molecule has 0 unspecified atom stereocenters. The summed E-state index contributed by atoms with van der Waals surface area (Å²) in [5.74, 6) is 2.31. The number of anilines is 2. The van der Waals surface area contributed by atoms with E-state index in [1.54, 1.807) is 14.2 Å². The molecule has 10 heteroatoms. The normalized spacial score (nSPS) is 13.6. The Kier molecular flexibility index (Phi) is 11.0. The molecule has 0 bridgehead atoms. The number of hydrogen-bond donors (Lipinski definition) is 2. The van der Waals surface area contributed by atoms with Gasteiger partial charge >= 0.3 is 0 Å². The van der Waals surface area contributed by atoms with E-state index in [1.807, 2.05) is 54.6 Å². The highest BCUT2D eigenvalue weighted by molar-refractivity contribution is 6.00. The highest BCUT2D eigenvalue weighted by Crippen LogP contribution is 2.34. The largest absolute Gasteiger partial charge is 0.497 e. The number of nitrogens with zero attached hydrogens (tertiary/aromatic N) is 3. The van der Waals surface area contributed by atoms with Crippen LogP contribution in [0.1, 0.15) is 25.3 Å². The lowest BCUT2D eigenvalue weighted by molar-refractivity contribution is -0.114. The molecule has 1 amide bonds. The van der Waals surface area contributed by atoms with Crippen LogP contribution < -0.4 is 20.1 Å². The maximum Gasteiger partial charge on any atom is 0.221 e. The molecule has 0 atom stereocenters. The van der Waals surface area contributed by atoms with Crippen LogP contribution in [0.2, 0.25) is 0 Å². The first-order chi connectivity index (χ1) is 18.5. The Labute approximate surface area is 247 Å². The van der Waals surface area contributed by atoms with Gasteiger partial charge in [0.05, 0.1) is 14.2 Å². The molecule has 0 spiro atoms. The molecule has 2 N–H and O–H groups in total. The quantitative estimate of drug-likeness (QED) is 0.255. The number of carbonyl (C=O) groups is 1. The molecule has 8 nitrogen and oxygen atoms in total. The molecule has 1 saturated heterocycles. The summed E-state index contributed by atoms with van der Waals surface area (Å²) in [5, 5.41) is 17.7. The van der Waals surface area contributed by atoms with Gasteiger partial charge in [-0.25, -0.2) is 0 Å². The van der Waals surface area contributed by atoms with Crippen LogP contribution in [0.15, 0.2) is 66.7 Å². The van der Waals surface area contributed by atoms with Gasteiger partial charge in [0.15, 0.2) is 5.82 Å².